The second kappa shape index (κ2) is 18.7. The number of fused-ring (bicyclic) bond motifs is 1. The SMILES string of the molecule is C=C(/C=C(/C(C)=C/c1ccccc1N)c1ccc2c(-c3ccc(C(=C)/C=C\C=C/C)cc3)cc(-c3ccc(-c4ccccc4)cc3)cc2c1C)c1ccc(-c2ccccc2)cc1. The van der Waals surface area contributed by atoms with Gasteiger partial charge in [-0.3, -0.25) is 0 Å². The molecule has 0 unspecified atom stereocenters. The van der Waals surface area contributed by atoms with Gasteiger partial charge >= 0.3 is 0 Å². The molecule has 0 aromatic heterocycles. The maximum absolute atomic E-state index is 6.51. The molecule has 2 N–H and O–H groups in total. The van der Waals surface area contributed by atoms with Crippen LogP contribution in [0.15, 0.2) is 231 Å². The highest BCUT2D eigenvalue weighted by atomic mass is 14.5. The van der Waals surface area contributed by atoms with Gasteiger partial charge in [0.1, 0.15) is 0 Å². The van der Waals surface area contributed by atoms with Crippen molar-refractivity contribution in [2.24, 2.45) is 0 Å². The van der Waals surface area contributed by atoms with Gasteiger partial charge in [0.15, 0.2) is 0 Å². The smallest absolute Gasteiger partial charge is 0.0387 e. The third-order valence-electron chi connectivity index (χ3n) is 11.7. The topological polar surface area (TPSA) is 26.0 Å². The van der Waals surface area contributed by atoms with Gasteiger partial charge in [0.05, 0.1) is 0 Å². The minimum absolute atomic E-state index is 0.743. The second-order valence-corrected chi connectivity index (χ2v) is 15.8. The first-order valence-electron chi connectivity index (χ1n) is 21.2. The van der Waals surface area contributed by atoms with E-state index in [4.69, 9.17) is 5.73 Å². The molecule has 0 heterocycles. The first-order valence-corrected chi connectivity index (χ1v) is 21.2. The summed E-state index contributed by atoms with van der Waals surface area (Å²) in [6.07, 6.45) is 12.5. The number of para-hydroxylation sites is 1. The molecule has 0 spiro atoms. The van der Waals surface area contributed by atoms with Gasteiger partial charge < -0.3 is 5.73 Å². The van der Waals surface area contributed by atoms with Crippen LogP contribution in [0.1, 0.15) is 41.7 Å². The quantitative estimate of drug-likeness (QED) is 0.0967. The molecule has 0 fully saturated rings. The van der Waals surface area contributed by atoms with Crippen LogP contribution < -0.4 is 5.73 Å². The number of aryl methyl sites for hydroxylation is 1. The maximum Gasteiger partial charge on any atom is 0.0387 e. The molecule has 0 aliphatic heterocycles. The highest BCUT2D eigenvalue weighted by Gasteiger charge is 2.17. The van der Waals surface area contributed by atoms with Crippen LogP contribution >= 0.6 is 0 Å². The van der Waals surface area contributed by atoms with Gasteiger partial charge in [0, 0.05) is 5.69 Å². The van der Waals surface area contributed by atoms with Gasteiger partial charge in [-0.25, -0.2) is 0 Å². The molecule has 0 aliphatic rings. The third kappa shape index (κ3) is 9.04. The predicted molar refractivity (Wildman–Crippen MR) is 271 cm³/mol. The lowest BCUT2D eigenvalue weighted by atomic mass is 9.85. The van der Waals surface area contributed by atoms with Gasteiger partial charge in [0.2, 0.25) is 0 Å². The number of rotatable bonds is 12. The summed E-state index contributed by atoms with van der Waals surface area (Å²) in [5.41, 5.74) is 26.3. The normalized spacial score (nSPS) is 12.0. The Labute approximate surface area is 367 Å². The van der Waals surface area contributed by atoms with E-state index in [0.29, 0.717) is 0 Å². The molecule has 1 nitrogen and oxygen atoms in total. The van der Waals surface area contributed by atoms with E-state index in [1.165, 1.54) is 44.2 Å². The highest BCUT2D eigenvalue weighted by Crippen LogP contribution is 2.41. The Kier molecular flexibility index (Phi) is 12.4. The molecule has 8 aromatic carbocycles. The standard InChI is InChI=1S/C61H51N/c1-6-7-10-17-42(2)46-26-34-53(35-27-46)60-41-55(52-32-30-51(31-33-52)49-20-13-9-14-21-49)40-59-45(5)56(36-37-57(59)60)58(44(4)38-54-22-15-16-23-61(54)62)39-43(3)47-24-28-50(29-25-47)48-18-11-8-12-19-48/h6-41H,2-3,62H2,1,4-5H3/b7-6-,17-10-,44-38+,58-39-. The minimum atomic E-state index is 0.743. The summed E-state index contributed by atoms with van der Waals surface area (Å²) in [6.45, 7) is 15.4. The number of benzene rings is 8. The average molecular weight is 798 g/mol. The summed E-state index contributed by atoms with van der Waals surface area (Å²) in [7, 11) is 0. The lowest BCUT2D eigenvalue weighted by molar-refractivity contribution is 1.43. The molecule has 8 aromatic rings. The molecular weight excluding hydrogens is 747 g/mol. The van der Waals surface area contributed by atoms with E-state index in [0.717, 1.165) is 66.9 Å². The Morgan fingerprint density at radius 1 is 0.500 bits per heavy atom. The van der Waals surface area contributed by atoms with Crippen molar-refractivity contribution >= 4 is 39.3 Å². The summed E-state index contributed by atoms with van der Waals surface area (Å²) in [5.74, 6) is 0. The van der Waals surface area contributed by atoms with Crippen molar-refractivity contribution in [3.63, 3.8) is 0 Å². The first kappa shape index (κ1) is 41.0. The van der Waals surface area contributed by atoms with Crippen LogP contribution in [0.25, 0.3) is 78.1 Å². The number of nitrogens with two attached hydrogens (primary N) is 1. The van der Waals surface area contributed by atoms with Crippen LogP contribution in [0.5, 0.6) is 0 Å². The van der Waals surface area contributed by atoms with E-state index in [2.05, 4.69) is 203 Å². The molecule has 0 saturated carbocycles. The van der Waals surface area contributed by atoms with Crippen molar-refractivity contribution in [2.75, 3.05) is 5.73 Å². The Bertz CT molecular complexity index is 3010. The number of hydrogen-bond acceptors (Lipinski definition) is 1. The summed E-state index contributed by atoms with van der Waals surface area (Å²) in [4.78, 5) is 0. The fraction of sp³-hybridized carbons (Fsp3) is 0.0492. The molecule has 62 heavy (non-hydrogen) atoms. The number of anilines is 1. The van der Waals surface area contributed by atoms with E-state index in [9.17, 15) is 0 Å². The molecule has 1 heteroatoms. The molecule has 0 bridgehead atoms. The van der Waals surface area contributed by atoms with Crippen molar-refractivity contribution < 1.29 is 0 Å². The average Bonchev–Trinajstić information content (AvgIpc) is 3.32. The molecule has 0 saturated heterocycles. The first-order chi connectivity index (χ1) is 30.3. The lowest BCUT2D eigenvalue weighted by Gasteiger charge is -2.19. The fourth-order valence-corrected chi connectivity index (χ4v) is 8.13. The van der Waals surface area contributed by atoms with E-state index in [1.54, 1.807) is 0 Å². The maximum atomic E-state index is 6.51. The highest BCUT2D eigenvalue weighted by molar-refractivity contribution is 6.05. The van der Waals surface area contributed by atoms with Crippen molar-refractivity contribution in [3.05, 3.63) is 259 Å². The summed E-state index contributed by atoms with van der Waals surface area (Å²) >= 11 is 0. The Morgan fingerprint density at radius 3 is 1.61 bits per heavy atom. The van der Waals surface area contributed by atoms with Gasteiger partial charge in [-0.15, -0.1) is 0 Å². The van der Waals surface area contributed by atoms with Crippen molar-refractivity contribution in [1.82, 2.24) is 0 Å². The van der Waals surface area contributed by atoms with Crippen LogP contribution in [-0.4, -0.2) is 0 Å². The van der Waals surface area contributed by atoms with Crippen LogP contribution in [0, 0.1) is 6.92 Å². The van der Waals surface area contributed by atoms with Crippen LogP contribution in [0.2, 0.25) is 0 Å². The number of nitrogen functional groups attached to an aromatic ring is 1. The van der Waals surface area contributed by atoms with E-state index in [-0.39, 0.29) is 0 Å². The zero-order valence-electron chi connectivity index (χ0n) is 35.8. The largest absolute Gasteiger partial charge is 0.398 e. The second-order valence-electron chi connectivity index (χ2n) is 15.8. The number of allylic oxidation sites excluding steroid dienone is 9. The fourth-order valence-electron chi connectivity index (χ4n) is 8.13. The predicted octanol–water partition coefficient (Wildman–Crippen LogP) is 16.7. The number of hydrogen-bond donors (Lipinski definition) is 1. The Morgan fingerprint density at radius 2 is 1.02 bits per heavy atom. The molecule has 0 amide bonds. The van der Waals surface area contributed by atoms with Crippen LogP contribution in [0.3, 0.4) is 0 Å². The molecule has 300 valence electrons. The zero-order chi connectivity index (χ0) is 43.0. The van der Waals surface area contributed by atoms with E-state index < -0.39 is 0 Å². The minimum Gasteiger partial charge on any atom is -0.398 e. The van der Waals surface area contributed by atoms with Crippen molar-refractivity contribution in [2.45, 2.75) is 20.8 Å². The lowest BCUT2D eigenvalue weighted by Crippen LogP contribution is -1.96. The van der Waals surface area contributed by atoms with Gasteiger partial charge in [-0.1, -0.05) is 201 Å². The molecular formula is C61H51N. The van der Waals surface area contributed by atoms with E-state index >= 15 is 0 Å². The van der Waals surface area contributed by atoms with Crippen LogP contribution in [0.4, 0.5) is 5.69 Å². The van der Waals surface area contributed by atoms with Crippen molar-refractivity contribution in [1.29, 1.82) is 0 Å². The molecule has 8 rings (SSSR count). The summed E-state index contributed by atoms with van der Waals surface area (Å²) in [5, 5.41) is 2.39. The third-order valence-corrected chi connectivity index (χ3v) is 11.7. The monoisotopic (exact) mass is 797 g/mol. The van der Waals surface area contributed by atoms with Crippen molar-refractivity contribution in [3.8, 4) is 44.5 Å². The summed E-state index contributed by atoms with van der Waals surface area (Å²) < 4.78 is 0. The van der Waals surface area contributed by atoms with E-state index in [1.807, 2.05) is 49.4 Å². The Hall–Kier alpha value is -7.74. The molecule has 0 aliphatic carbocycles. The molecule has 0 radical (unpaired) electrons. The summed E-state index contributed by atoms with van der Waals surface area (Å²) in [6, 6.07) is 64.7. The van der Waals surface area contributed by atoms with Gasteiger partial charge in [-0.2, -0.15) is 0 Å². The van der Waals surface area contributed by atoms with Gasteiger partial charge in [0.25, 0.3) is 0 Å². The molecule has 0 atom stereocenters. The van der Waals surface area contributed by atoms with Crippen LogP contribution in [-0.2, 0) is 0 Å². The van der Waals surface area contributed by atoms with Gasteiger partial charge in [-0.05, 0) is 157 Å². The zero-order valence-corrected chi connectivity index (χ0v) is 35.8. The Balaban J connectivity index is 1.28.